The van der Waals surface area contributed by atoms with Crippen LogP contribution in [0.1, 0.15) is 25.7 Å². The zero-order valence-corrected chi connectivity index (χ0v) is 7.34. The van der Waals surface area contributed by atoms with Crippen LogP contribution in [0.25, 0.3) is 0 Å². The molecule has 0 spiro atoms. The van der Waals surface area contributed by atoms with Crippen LogP contribution >= 0.6 is 0 Å². The van der Waals surface area contributed by atoms with Crippen molar-refractivity contribution in [1.29, 1.82) is 0 Å². The number of fused-ring (bicyclic) bond motifs is 1. The Hall–Kier alpha value is -0.0800. The first-order chi connectivity index (χ1) is 5.21. The van der Waals surface area contributed by atoms with Gasteiger partial charge in [-0.3, -0.25) is 0 Å². The van der Waals surface area contributed by atoms with E-state index in [1.165, 1.54) is 32.2 Å². The van der Waals surface area contributed by atoms with Gasteiger partial charge in [0.2, 0.25) is 0 Å². The van der Waals surface area contributed by atoms with E-state index in [1.54, 1.807) is 0 Å². The number of hydrogen-bond acceptors (Lipinski definition) is 2. The minimum atomic E-state index is 0.188. The number of likely N-dealkylation sites (N-methyl/N-ethyl adjacent to an activating group) is 1. The van der Waals surface area contributed by atoms with E-state index in [1.807, 2.05) is 0 Å². The first-order valence-electron chi connectivity index (χ1n) is 4.68. The number of rotatable bonds is 0. The Balaban J connectivity index is 2.11. The second-order valence-corrected chi connectivity index (χ2v) is 4.37. The van der Waals surface area contributed by atoms with Gasteiger partial charge in [-0.05, 0) is 25.8 Å². The molecule has 1 heterocycles. The van der Waals surface area contributed by atoms with Gasteiger partial charge in [0.1, 0.15) is 0 Å². The van der Waals surface area contributed by atoms with E-state index in [4.69, 9.17) is 5.73 Å². The Morgan fingerprint density at radius 1 is 1.45 bits per heavy atom. The van der Waals surface area contributed by atoms with Crippen molar-refractivity contribution < 1.29 is 0 Å². The van der Waals surface area contributed by atoms with E-state index in [0.717, 1.165) is 12.5 Å². The van der Waals surface area contributed by atoms with E-state index in [9.17, 15) is 0 Å². The molecular formula is C9H18N2. The topological polar surface area (TPSA) is 29.3 Å². The summed E-state index contributed by atoms with van der Waals surface area (Å²) in [7, 11) is 2.19. The van der Waals surface area contributed by atoms with Gasteiger partial charge in [-0.25, -0.2) is 0 Å². The first-order valence-corrected chi connectivity index (χ1v) is 4.68. The summed E-state index contributed by atoms with van der Waals surface area (Å²) in [5.41, 5.74) is 6.50. The fourth-order valence-electron chi connectivity index (χ4n) is 2.76. The maximum absolute atomic E-state index is 6.31. The maximum atomic E-state index is 6.31. The molecule has 2 N–H and O–H groups in total. The molecule has 1 aliphatic carbocycles. The Bertz CT molecular complexity index is 158. The van der Waals surface area contributed by atoms with E-state index in [2.05, 4.69) is 11.9 Å². The Labute approximate surface area is 68.7 Å². The summed E-state index contributed by atoms with van der Waals surface area (Å²) in [6.07, 6.45) is 5.36. The number of nitrogens with zero attached hydrogens (tertiary/aromatic N) is 1. The third kappa shape index (κ3) is 1.18. The summed E-state index contributed by atoms with van der Waals surface area (Å²) < 4.78 is 0. The Morgan fingerprint density at radius 2 is 2.27 bits per heavy atom. The van der Waals surface area contributed by atoms with Gasteiger partial charge in [-0.2, -0.15) is 0 Å². The predicted molar refractivity (Wildman–Crippen MR) is 46.4 cm³/mol. The van der Waals surface area contributed by atoms with Gasteiger partial charge in [-0.1, -0.05) is 12.8 Å². The van der Waals surface area contributed by atoms with Crippen molar-refractivity contribution in [3.63, 3.8) is 0 Å². The minimum Gasteiger partial charge on any atom is -0.324 e. The van der Waals surface area contributed by atoms with Gasteiger partial charge < -0.3 is 10.6 Å². The molecule has 1 saturated heterocycles. The third-order valence-electron chi connectivity index (χ3n) is 3.35. The summed E-state index contributed by atoms with van der Waals surface area (Å²) in [5, 5.41) is 0. The Morgan fingerprint density at radius 3 is 3.00 bits per heavy atom. The third-order valence-corrected chi connectivity index (χ3v) is 3.35. The lowest BCUT2D eigenvalue weighted by molar-refractivity contribution is 0.246. The average Bonchev–Trinajstić information content (AvgIpc) is 2.22. The number of likely N-dealkylation sites (tertiary alicyclic amines) is 1. The fourth-order valence-corrected chi connectivity index (χ4v) is 2.76. The van der Waals surface area contributed by atoms with Crippen molar-refractivity contribution in [2.24, 2.45) is 11.7 Å². The summed E-state index contributed by atoms with van der Waals surface area (Å²) in [6, 6.07) is 0. The normalized spacial score (nSPS) is 45.8. The van der Waals surface area contributed by atoms with Gasteiger partial charge in [0.25, 0.3) is 0 Å². The van der Waals surface area contributed by atoms with Gasteiger partial charge in [0, 0.05) is 18.6 Å². The predicted octanol–water partition coefficient (Wildman–Crippen LogP) is 0.820. The van der Waals surface area contributed by atoms with E-state index < -0.39 is 0 Å². The zero-order chi connectivity index (χ0) is 7.90. The summed E-state index contributed by atoms with van der Waals surface area (Å²) in [5.74, 6) is 0.793. The van der Waals surface area contributed by atoms with E-state index >= 15 is 0 Å². The molecule has 2 aliphatic rings. The van der Waals surface area contributed by atoms with Crippen LogP contribution in [0.2, 0.25) is 0 Å². The molecule has 11 heavy (non-hydrogen) atoms. The molecule has 1 aliphatic heterocycles. The molecule has 2 nitrogen and oxygen atoms in total. The van der Waals surface area contributed by atoms with Gasteiger partial charge in [-0.15, -0.1) is 0 Å². The van der Waals surface area contributed by atoms with Crippen LogP contribution in [0.15, 0.2) is 0 Å². The van der Waals surface area contributed by atoms with Gasteiger partial charge >= 0.3 is 0 Å². The van der Waals surface area contributed by atoms with Crippen LogP contribution in [0.5, 0.6) is 0 Å². The average molecular weight is 154 g/mol. The quantitative estimate of drug-likeness (QED) is 0.559. The fraction of sp³-hybridized carbons (Fsp3) is 1.00. The number of nitrogens with two attached hydrogens (primary N) is 1. The molecule has 0 amide bonds. The van der Waals surface area contributed by atoms with Gasteiger partial charge in [0.05, 0.1) is 0 Å². The van der Waals surface area contributed by atoms with Crippen molar-refractivity contribution in [2.75, 3.05) is 20.1 Å². The van der Waals surface area contributed by atoms with E-state index in [0.29, 0.717) is 0 Å². The molecule has 2 heteroatoms. The largest absolute Gasteiger partial charge is 0.324 e. The lowest BCUT2D eigenvalue weighted by Crippen LogP contribution is -2.49. The summed E-state index contributed by atoms with van der Waals surface area (Å²) in [6.45, 7) is 2.36. The first kappa shape index (κ1) is 7.56. The van der Waals surface area contributed by atoms with Crippen molar-refractivity contribution in [3.05, 3.63) is 0 Å². The maximum Gasteiger partial charge on any atom is 0.0324 e. The molecule has 0 aromatic carbocycles. The summed E-state index contributed by atoms with van der Waals surface area (Å²) >= 11 is 0. The highest BCUT2D eigenvalue weighted by Crippen LogP contribution is 2.36. The molecule has 1 unspecified atom stereocenters. The molecule has 64 valence electrons. The monoisotopic (exact) mass is 154 g/mol. The SMILES string of the molecule is CN1CC2CCCC[C@@]2(N)C1. The molecule has 0 aromatic heterocycles. The molecule has 0 aromatic rings. The zero-order valence-electron chi connectivity index (χ0n) is 7.34. The molecule has 1 saturated carbocycles. The highest BCUT2D eigenvalue weighted by atomic mass is 15.2. The molecular weight excluding hydrogens is 136 g/mol. The smallest absolute Gasteiger partial charge is 0.0324 e. The second kappa shape index (κ2) is 2.46. The highest BCUT2D eigenvalue weighted by Gasteiger charge is 2.43. The molecule has 0 bridgehead atoms. The lowest BCUT2D eigenvalue weighted by Gasteiger charge is -2.34. The molecule has 2 atom stereocenters. The van der Waals surface area contributed by atoms with Crippen LogP contribution in [-0.2, 0) is 0 Å². The lowest BCUT2D eigenvalue weighted by atomic mass is 9.76. The van der Waals surface area contributed by atoms with Crippen LogP contribution in [0.4, 0.5) is 0 Å². The standard InChI is InChI=1S/C9H18N2/c1-11-6-8-4-2-3-5-9(8,10)7-11/h8H,2-7,10H2,1H3/t8?,9-/m1/s1. The van der Waals surface area contributed by atoms with Crippen molar-refractivity contribution >= 4 is 0 Å². The second-order valence-electron chi connectivity index (χ2n) is 4.37. The van der Waals surface area contributed by atoms with Crippen LogP contribution in [-0.4, -0.2) is 30.6 Å². The van der Waals surface area contributed by atoms with Crippen molar-refractivity contribution in [2.45, 2.75) is 31.2 Å². The van der Waals surface area contributed by atoms with Crippen LogP contribution in [0.3, 0.4) is 0 Å². The number of hydrogen-bond donors (Lipinski definition) is 1. The van der Waals surface area contributed by atoms with Gasteiger partial charge in [0.15, 0.2) is 0 Å². The molecule has 2 rings (SSSR count). The Kier molecular flexibility index (Phi) is 1.69. The summed E-state index contributed by atoms with van der Waals surface area (Å²) in [4.78, 5) is 2.38. The molecule has 0 radical (unpaired) electrons. The molecule has 2 fully saturated rings. The van der Waals surface area contributed by atoms with Crippen molar-refractivity contribution in [3.8, 4) is 0 Å². The van der Waals surface area contributed by atoms with Crippen LogP contribution in [0, 0.1) is 5.92 Å². The van der Waals surface area contributed by atoms with Crippen LogP contribution < -0.4 is 5.73 Å². The minimum absolute atomic E-state index is 0.188. The van der Waals surface area contributed by atoms with Crippen molar-refractivity contribution in [1.82, 2.24) is 4.90 Å². The highest BCUT2D eigenvalue weighted by molar-refractivity contribution is 5.02. The van der Waals surface area contributed by atoms with E-state index in [-0.39, 0.29) is 5.54 Å².